The number of aliphatic carboxylic acids is 1. The van der Waals surface area contributed by atoms with E-state index in [1.165, 1.54) is 13.0 Å². The minimum Gasteiger partial charge on any atom is -0.478 e. The SMILES string of the molecule is CC(=CCNCCSC(F)(F)F)C(=O)O. The first-order chi connectivity index (χ1) is 6.83. The third kappa shape index (κ3) is 9.61. The van der Waals surface area contributed by atoms with E-state index >= 15 is 0 Å². The highest BCUT2D eigenvalue weighted by atomic mass is 32.2. The van der Waals surface area contributed by atoms with Gasteiger partial charge in [0.05, 0.1) is 0 Å². The number of nitrogens with one attached hydrogen (secondary N) is 1. The van der Waals surface area contributed by atoms with Gasteiger partial charge in [-0.1, -0.05) is 6.08 Å². The summed E-state index contributed by atoms with van der Waals surface area (Å²) in [6.07, 6.45) is 1.42. The molecule has 0 unspecified atom stereocenters. The van der Waals surface area contributed by atoms with Gasteiger partial charge in [-0.25, -0.2) is 4.79 Å². The number of rotatable bonds is 6. The molecule has 0 bridgehead atoms. The molecule has 88 valence electrons. The number of carboxylic acids is 1. The molecule has 0 aliphatic carbocycles. The van der Waals surface area contributed by atoms with Crippen molar-refractivity contribution in [1.82, 2.24) is 5.32 Å². The van der Waals surface area contributed by atoms with E-state index in [1.807, 2.05) is 0 Å². The van der Waals surface area contributed by atoms with Gasteiger partial charge < -0.3 is 10.4 Å². The van der Waals surface area contributed by atoms with Crippen LogP contribution in [0.3, 0.4) is 0 Å². The first-order valence-electron chi connectivity index (χ1n) is 4.14. The summed E-state index contributed by atoms with van der Waals surface area (Å²) in [6.45, 7) is 1.87. The van der Waals surface area contributed by atoms with Gasteiger partial charge in [0.1, 0.15) is 0 Å². The molecule has 0 aromatic heterocycles. The van der Waals surface area contributed by atoms with E-state index in [1.54, 1.807) is 0 Å². The Morgan fingerprint density at radius 1 is 1.53 bits per heavy atom. The maximum Gasteiger partial charge on any atom is 0.441 e. The Kier molecular flexibility index (Phi) is 6.42. The third-order valence-corrected chi connectivity index (χ3v) is 2.17. The van der Waals surface area contributed by atoms with E-state index in [2.05, 4.69) is 5.32 Å². The lowest BCUT2D eigenvalue weighted by molar-refractivity contribution is -0.132. The first-order valence-corrected chi connectivity index (χ1v) is 5.13. The zero-order chi connectivity index (χ0) is 11.9. The Balaban J connectivity index is 3.48. The quantitative estimate of drug-likeness (QED) is 0.552. The standard InChI is InChI=1S/C8H12F3NO2S/c1-6(7(13)14)2-3-12-4-5-15-8(9,10)11/h2,12H,3-5H2,1H3,(H,13,14). The molecule has 3 nitrogen and oxygen atoms in total. The topological polar surface area (TPSA) is 49.3 Å². The van der Waals surface area contributed by atoms with Crippen LogP contribution in [0.15, 0.2) is 11.6 Å². The zero-order valence-electron chi connectivity index (χ0n) is 8.10. The largest absolute Gasteiger partial charge is 0.478 e. The molecule has 0 aromatic rings. The lowest BCUT2D eigenvalue weighted by atomic mass is 10.3. The second-order valence-corrected chi connectivity index (χ2v) is 3.85. The van der Waals surface area contributed by atoms with Crippen LogP contribution in [-0.2, 0) is 4.79 Å². The molecule has 0 spiro atoms. The van der Waals surface area contributed by atoms with Gasteiger partial charge in [0, 0.05) is 24.4 Å². The second-order valence-electron chi connectivity index (χ2n) is 2.69. The normalized spacial score (nSPS) is 12.9. The molecule has 0 rings (SSSR count). The van der Waals surface area contributed by atoms with E-state index < -0.39 is 11.5 Å². The number of alkyl halides is 3. The zero-order valence-corrected chi connectivity index (χ0v) is 8.91. The van der Waals surface area contributed by atoms with Crippen LogP contribution in [0, 0.1) is 0 Å². The van der Waals surface area contributed by atoms with Crippen molar-refractivity contribution >= 4 is 17.7 Å². The van der Waals surface area contributed by atoms with Crippen LogP contribution in [0.25, 0.3) is 0 Å². The summed E-state index contributed by atoms with van der Waals surface area (Å²) in [5, 5.41) is 11.1. The van der Waals surface area contributed by atoms with Gasteiger partial charge in [0.25, 0.3) is 0 Å². The van der Waals surface area contributed by atoms with Crippen LogP contribution in [0.5, 0.6) is 0 Å². The maximum absolute atomic E-state index is 11.6. The molecule has 0 radical (unpaired) electrons. The van der Waals surface area contributed by atoms with Crippen LogP contribution in [0.1, 0.15) is 6.92 Å². The smallest absolute Gasteiger partial charge is 0.441 e. The summed E-state index contributed by atoms with van der Waals surface area (Å²) in [5.41, 5.74) is -4.03. The molecule has 7 heteroatoms. The number of carbonyl (C=O) groups is 1. The lowest BCUT2D eigenvalue weighted by Gasteiger charge is -2.05. The van der Waals surface area contributed by atoms with Crippen molar-refractivity contribution < 1.29 is 23.1 Å². The summed E-state index contributed by atoms with van der Waals surface area (Å²) in [6, 6.07) is 0. The maximum atomic E-state index is 11.6. The lowest BCUT2D eigenvalue weighted by Crippen LogP contribution is -2.19. The molecule has 0 amide bonds. The summed E-state index contributed by atoms with van der Waals surface area (Å²) in [7, 11) is 0. The van der Waals surface area contributed by atoms with Crippen LogP contribution in [0.4, 0.5) is 13.2 Å². The van der Waals surface area contributed by atoms with Crippen LogP contribution >= 0.6 is 11.8 Å². The van der Waals surface area contributed by atoms with E-state index in [0.717, 1.165) is 0 Å². The molecular formula is C8H12F3NO2S. The highest BCUT2D eigenvalue weighted by Crippen LogP contribution is 2.29. The van der Waals surface area contributed by atoms with Crippen molar-refractivity contribution in [1.29, 1.82) is 0 Å². The third-order valence-electron chi connectivity index (χ3n) is 1.43. The highest BCUT2D eigenvalue weighted by Gasteiger charge is 2.27. The minimum absolute atomic E-state index is 0.0799. The van der Waals surface area contributed by atoms with E-state index in [4.69, 9.17) is 5.11 Å². The molecule has 0 heterocycles. The van der Waals surface area contributed by atoms with E-state index in [9.17, 15) is 18.0 Å². The molecule has 15 heavy (non-hydrogen) atoms. The van der Waals surface area contributed by atoms with Crippen molar-refractivity contribution in [3.63, 3.8) is 0 Å². The molecule has 0 aliphatic heterocycles. The molecule has 0 fully saturated rings. The summed E-state index contributed by atoms with van der Waals surface area (Å²) >= 11 is -0.101. The Bertz CT molecular complexity index is 241. The average Bonchev–Trinajstić information content (AvgIpc) is 2.08. The van der Waals surface area contributed by atoms with Crippen molar-refractivity contribution in [3.05, 3.63) is 11.6 Å². The van der Waals surface area contributed by atoms with Crippen LogP contribution in [-0.4, -0.2) is 35.4 Å². The number of halogens is 3. The summed E-state index contributed by atoms with van der Waals surface area (Å²) < 4.78 is 34.9. The van der Waals surface area contributed by atoms with Crippen LogP contribution < -0.4 is 5.32 Å². The Hall–Kier alpha value is -0.690. The number of carboxylic acid groups (broad SMARTS) is 1. The fraction of sp³-hybridized carbons (Fsp3) is 0.625. The molecular weight excluding hydrogens is 231 g/mol. The summed E-state index contributed by atoms with van der Waals surface area (Å²) in [4.78, 5) is 10.3. The van der Waals surface area contributed by atoms with Crippen molar-refractivity contribution in [2.75, 3.05) is 18.8 Å². The number of thioether (sulfide) groups is 1. The number of hydrogen-bond acceptors (Lipinski definition) is 3. The van der Waals surface area contributed by atoms with Crippen molar-refractivity contribution in [3.8, 4) is 0 Å². The van der Waals surface area contributed by atoms with Gasteiger partial charge in [-0.3, -0.25) is 0 Å². The molecule has 0 saturated carbocycles. The average molecular weight is 243 g/mol. The van der Waals surface area contributed by atoms with Gasteiger partial charge in [-0.05, 0) is 18.7 Å². The predicted molar refractivity (Wildman–Crippen MR) is 52.8 cm³/mol. The van der Waals surface area contributed by atoms with Gasteiger partial charge in [0.15, 0.2) is 0 Å². The highest BCUT2D eigenvalue weighted by molar-refractivity contribution is 8.00. The van der Waals surface area contributed by atoms with Gasteiger partial charge in [0.2, 0.25) is 0 Å². The van der Waals surface area contributed by atoms with Gasteiger partial charge in [-0.15, -0.1) is 0 Å². The Morgan fingerprint density at radius 2 is 2.13 bits per heavy atom. The van der Waals surface area contributed by atoms with Gasteiger partial charge >= 0.3 is 11.5 Å². The predicted octanol–water partition coefficient (Wildman–Crippen LogP) is 1.86. The molecule has 0 saturated heterocycles. The molecule has 0 aliphatic rings. The van der Waals surface area contributed by atoms with E-state index in [-0.39, 0.29) is 36.2 Å². The Morgan fingerprint density at radius 3 is 2.60 bits per heavy atom. The fourth-order valence-corrected chi connectivity index (χ4v) is 1.13. The fourth-order valence-electron chi connectivity index (χ4n) is 0.654. The minimum atomic E-state index is -4.20. The number of hydrogen-bond donors (Lipinski definition) is 2. The second kappa shape index (κ2) is 6.73. The summed E-state index contributed by atoms with van der Waals surface area (Å²) in [5.74, 6) is -1.11. The molecule has 0 atom stereocenters. The Labute approximate surface area is 89.7 Å². The van der Waals surface area contributed by atoms with Crippen molar-refractivity contribution in [2.45, 2.75) is 12.4 Å². The van der Waals surface area contributed by atoms with Crippen molar-refractivity contribution in [2.24, 2.45) is 0 Å². The van der Waals surface area contributed by atoms with E-state index in [0.29, 0.717) is 0 Å². The molecule has 0 aromatic carbocycles. The monoisotopic (exact) mass is 243 g/mol. The molecule has 2 N–H and O–H groups in total. The van der Waals surface area contributed by atoms with Gasteiger partial charge in [-0.2, -0.15) is 13.2 Å². The van der Waals surface area contributed by atoms with Crippen LogP contribution in [0.2, 0.25) is 0 Å². The first kappa shape index (κ1) is 14.3.